The maximum absolute atomic E-state index is 12.3. The average Bonchev–Trinajstić information content (AvgIpc) is 2.99. The van der Waals surface area contributed by atoms with Crippen LogP contribution in [0.1, 0.15) is 10.5 Å². The minimum atomic E-state index is -0.249. The quantitative estimate of drug-likeness (QED) is 0.616. The molecule has 0 spiro atoms. The van der Waals surface area contributed by atoms with Crippen LogP contribution in [0.3, 0.4) is 0 Å². The number of para-hydroxylation sites is 1. The summed E-state index contributed by atoms with van der Waals surface area (Å²) >= 11 is 0. The van der Waals surface area contributed by atoms with Gasteiger partial charge in [-0.15, -0.1) is 0 Å². The zero-order valence-corrected chi connectivity index (χ0v) is 11.6. The first kappa shape index (κ1) is 12.5. The van der Waals surface area contributed by atoms with Gasteiger partial charge in [-0.05, 0) is 24.3 Å². The highest BCUT2D eigenvalue weighted by atomic mass is 16.1. The first-order valence-corrected chi connectivity index (χ1v) is 6.89. The Kier molecular flexibility index (Phi) is 2.83. The summed E-state index contributed by atoms with van der Waals surface area (Å²) in [5, 5.41) is 3.82. The molecule has 5 heteroatoms. The molecule has 1 amide bonds. The second kappa shape index (κ2) is 4.96. The number of nitrogens with zero attached hydrogens (tertiary/aromatic N) is 3. The van der Waals surface area contributed by atoms with Gasteiger partial charge in [0.2, 0.25) is 0 Å². The fourth-order valence-electron chi connectivity index (χ4n) is 2.38. The highest BCUT2D eigenvalue weighted by Crippen LogP contribution is 2.16. The number of amides is 1. The zero-order valence-electron chi connectivity index (χ0n) is 11.6. The van der Waals surface area contributed by atoms with Crippen molar-refractivity contribution in [2.45, 2.75) is 0 Å². The Hall–Kier alpha value is -3.21. The maximum atomic E-state index is 12.3. The molecule has 4 aromatic rings. The molecule has 1 aromatic carbocycles. The van der Waals surface area contributed by atoms with Gasteiger partial charge in [-0.2, -0.15) is 0 Å². The van der Waals surface area contributed by atoms with Gasteiger partial charge in [0.05, 0.1) is 17.4 Å². The fourth-order valence-corrected chi connectivity index (χ4v) is 2.38. The van der Waals surface area contributed by atoms with E-state index in [4.69, 9.17) is 0 Å². The molecule has 3 aromatic heterocycles. The standard InChI is InChI=1S/C17H12N4O/c22-17(15-11-21-8-4-3-7-16(21)20-15)19-13-9-12-5-1-2-6-14(12)18-10-13/h1-11H,(H,19,22). The Bertz CT molecular complexity index is 957. The lowest BCUT2D eigenvalue weighted by Crippen LogP contribution is -2.12. The summed E-state index contributed by atoms with van der Waals surface area (Å²) in [5.41, 5.74) is 2.66. The zero-order chi connectivity index (χ0) is 14.9. The van der Waals surface area contributed by atoms with Crippen LogP contribution in [0.4, 0.5) is 5.69 Å². The van der Waals surface area contributed by atoms with E-state index in [1.165, 1.54) is 0 Å². The van der Waals surface area contributed by atoms with Crippen molar-refractivity contribution in [1.82, 2.24) is 14.4 Å². The van der Waals surface area contributed by atoms with E-state index in [0.29, 0.717) is 11.4 Å². The minimum Gasteiger partial charge on any atom is -0.319 e. The highest BCUT2D eigenvalue weighted by molar-refractivity contribution is 6.03. The SMILES string of the molecule is O=C(Nc1cnc2ccccc2c1)c1cn2ccccc2n1. The van der Waals surface area contributed by atoms with Gasteiger partial charge in [-0.3, -0.25) is 9.78 Å². The molecule has 0 saturated heterocycles. The largest absolute Gasteiger partial charge is 0.319 e. The Morgan fingerprint density at radius 3 is 2.86 bits per heavy atom. The summed E-state index contributed by atoms with van der Waals surface area (Å²) in [5.74, 6) is -0.249. The second-order valence-corrected chi connectivity index (χ2v) is 4.96. The van der Waals surface area contributed by atoms with Gasteiger partial charge in [-0.25, -0.2) is 4.98 Å². The first-order chi connectivity index (χ1) is 10.8. The van der Waals surface area contributed by atoms with Crippen molar-refractivity contribution in [2.75, 3.05) is 5.32 Å². The lowest BCUT2D eigenvalue weighted by atomic mass is 10.2. The molecule has 0 saturated carbocycles. The van der Waals surface area contributed by atoms with E-state index in [1.54, 1.807) is 12.4 Å². The van der Waals surface area contributed by atoms with Gasteiger partial charge < -0.3 is 9.72 Å². The van der Waals surface area contributed by atoms with E-state index in [-0.39, 0.29) is 5.91 Å². The van der Waals surface area contributed by atoms with Crippen molar-refractivity contribution in [3.63, 3.8) is 0 Å². The molecular formula is C17H12N4O. The summed E-state index contributed by atoms with van der Waals surface area (Å²) in [7, 11) is 0. The number of hydrogen-bond acceptors (Lipinski definition) is 3. The molecule has 1 N–H and O–H groups in total. The summed E-state index contributed by atoms with van der Waals surface area (Å²) in [6.45, 7) is 0. The molecule has 0 unspecified atom stereocenters. The molecular weight excluding hydrogens is 276 g/mol. The highest BCUT2D eigenvalue weighted by Gasteiger charge is 2.11. The molecule has 3 heterocycles. The number of rotatable bonds is 2. The van der Waals surface area contributed by atoms with Gasteiger partial charge in [0.25, 0.3) is 5.91 Å². The Balaban J connectivity index is 1.64. The molecule has 0 radical (unpaired) electrons. The van der Waals surface area contributed by atoms with Gasteiger partial charge >= 0.3 is 0 Å². The molecule has 0 aliphatic carbocycles. The number of benzene rings is 1. The van der Waals surface area contributed by atoms with Crippen LogP contribution in [0.5, 0.6) is 0 Å². The van der Waals surface area contributed by atoms with Crippen LogP contribution in [0.15, 0.2) is 67.1 Å². The number of pyridine rings is 2. The number of hydrogen-bond donors (Lipinski definition) is 1. The topological polar surface area (TPSA) is 59.3 Å². The summed E-state index contributed by atoms with van der Waals surface area (Å²) in [6, 6.07) is 15.3. The van der Waals surface area contributed by atoms with Crippen molar-refractivity contribution in [1.29, 1.82) is 0 Å². The van der Waals surface area contributed by atoms with Crippen LogP contribution < -0.4 is 5.32 Å². The van der Waals surface area contributed by atoms with Crippen LogP contribution in [0, 0.1) is 0 Å². The Morgan fingerprint density at radius 2 is 1.95 bits per heavy atom. The van der Waals surface area contributed by atoms with Crippen molar-refractivity contribution in [2.24, 2.45) is 0 Å². The van der Waals surface area contributed by atoms with Crippen molar-refractivity contribution < 1.29 is 4.79 Å². The van der Waals surface area contributed by atoms with E-state index in [2.05, 4.69) is 15.3 Å². The number of anilines is 1. The average molecular weight is 288 g/mol. The van der Waals surface area contributed by atoms with E-state index in [1.807, 2.05) is 59.1 Å². The monoisotopic (exact) mass is 288 g/mol. The van der Waals surface area contributed by atoms with Crippen LogP contribution >= 0.6 is 0 Å². The normalized spacial score (nSPS) is 10.9. The van der Waals surface area contributed by atoms with Gasteiger partial charge in [0.1, 0.15) is 11.3 Å². The van der Waals surface area contributed by atoms with E-state index < -0.39 is 0 Å². The number of carbonyl (C=O) groups is 1. The van der Waals surface area contributed by atoms with Crippen LogP contribution in [0.2, 0.25) is 0 Å². The van der Waals surface area contributed by atoms with Crippen LogP contribution in [-0.4, -0.2) is 20.3 Å². The Morgan fingerprint density at radius 1 is 1.09 bits per heavy atom. The van der Waals surface area contributed by atoms with Gasteiger partial charge in [-0.1, -0.05) is 24.3 Å². The molecule has 0 fully saturated rings. The predicted octanol–water partition coefficient (Wildman–Crippen LogP) is 3.13. The van der Waals surface area contributed by atoms with E-state index in [0.717, 1.165) is 16.6 Å². The maximum Gasteiger partial charge on any atom is 0.275 e. The second-order valence-electron chi connectivity index (χ2n) is 4.96. The first-order valence-electron chi connectivity index (χ1n) is 6.89. The van der Waals surface area contributed by atoms with E-state index >= 15 is 0 Å². The molecule has 4 rings (SSSR count). The molecule has 0 aliphatic rings. The molecule has 0 atom stereocenters. The lowest BCUT2D eigenvalue weighted by Gasteiger charge is -2.04. The number of imidazole rings is 1. The smallest absolute Gasteiger partial charge is 0.275 e. The van der Waals surface area contributed by atoms with Crippen molar-refractivity contribution >= 4 is 28.1 Å². The van der Waals surface area contributed by atoms with Crippen molar-refractivity contribution in [3.8, 4) is 0 Å². The summed E-state index contributed by atoms with van der Waals surface area (Å²) < 4.78 is 1.81. The van der Waals surface area contributed by atoms with Gasteiger partial charge in [0, 0.05) is 17.8 Å². The molecule has 106 valence electrons. The van der Waals surface area contributed by atoms with Crippen molar-refractivity contribution in [3.05, 3.63) is 72.8 Å². The molecule has 0 bridgehead atoms. The molecule has 5 nitrogen and oxygen atoms in total. The van der Waals surface area contributed by atoms with Crippen LogP contribution in [0.25, 0.3) is 16.6 Å². The van der Waals surface area contributed by atoms with Crippen LogP contribution in [-0.2, 0) is 0 Å². The number of carbonyl (C=O) groups excluding carboxylic acids is 1. The van der Waals surface area contributed by atoms with E-state index in [9.17, 15) is 4.79 Å². The number of aromatic nitrogens is 3. The number of nitrogens with one attached hydrogen (secondary N) is 1. The Labute approximate surface area is 126 Å². The predicted molar refractivity (Wildman–Crippen MR) is 84.9 cm³/mol. The minimum absolute atomic E-state index is 0.249. The third-order valence-electron chi connectivity index (χ3n) is 3.44. The fraction of sp³-hybridized carbons (Fsp3) is 0. The number of fused-ring (bicyclic) bond motifs is 2. The molecule has 22 heavy (non-hydrogen) atoms. The molecule has 0 aliphatic heterocycles. The lowest BCUT2D eigenvalue weighted by molar-refractivity contribution is 0.102. The third-order valence-corrected chi connectivity index (χ3v) is 3.44. The van der Waals surface area contributed by atoms with Gasteiger partial charge in [0.15, 0.2) is 0 Å². The summed E-state index contributed by atoms with van der Waals surface area (Å²) in [4.78, 5) is 20.9. The summed E-state index contributed by atoms with van der Waals surface area (Å²) in [6.07, 6.45) is 5.21. The third kappa shape index (κ3) is 2.18.